The lowest BCUT2D eigenvalue weighted by Gasteiger charge is -2.29. The van der Waals surface area contributed by atoms with E-state index >= 15 is 0 Å². The fraction of sp³-hybridized carbons (Fsp3) is 0.533. The van der Waals surface area contributed by atoms with Crippen molar-refractivity contribution in [1.29, 1.82) is 0 Å². The highest BCUT2D eigenvalue weighted by Gasteiger charge is 2.33. The molecule has 1 heterocycles. The summed E-state index contributed by atoms with van der Waals surface area (Å²) in [5.74, 6) is 0.0106. The SMILES string of the molecule is COCC1(CNC(=O)Cc2cccc(Cl)c2)CCCN1.Cl. The molecule has 0 bridgehead atoms. The van der Waals surface area contributed by atoms with Crippen LogP contribution in [0.4, 0.5) is 0 Å². The van der Waals surface area contributed by atoms with Gasteiger partial charge < -0.3 is 15.4 Å². The molecule has 0 saturated carbocycles. The number of methoxy groups -OCH3 is 1. The fourth-order valence-corrected chi connectivity index (χ4v) is 2.85. The minimum absolute atomic E-state index is 0. The second-order valence-corrected chi connectivity index (χ2v) is 5.76. The first kappa shape index (κ1) is 18.2. The Morgan fingerprint density at radius 3 is 2.95 bits per heavy atom. The largest absolute Gasteiger partial charge is 0.383 e. The highest BCUT2D eigenvalue weighted by Crippen LogP contribution is 2.19. The van der Waals surface area contributed by atoms with E-state index in [1.165, 1.54) is 0 Å². The summed E-state index contributed by atoms with van der Waals surface area (Å²) in [7, 11) is 1.69. The summed E-state index contributed by atoms with van der Waals surface area (Å²) in [4.78, 5) is 12.0. The number of hydrogen-bond acceptors (Lipinski definition) is 3. The average Bonchev–Trinajstić information content (AvgIpc) is 2.86. The molecule has 1 atom stereocenters. The predicted molar refractivity (Wildman–Crippen MR) is 87.3 cm³/mol. The molecule has 1 unspecified atom stereocenters. The first-order chi connectivity index (χ1) is 9.63. The van der Waals surface area contributed by atoms with E-state index in [2.05, 4.69) is 10.6 Å². The van der Waals surface area contributed by atoms with Gasteiger partial charge in [0.1, 0.15) is 0 Å². The Labute approximate surface area is 137 Å². The number of amides is 1. The summed E-state index contributed by atoms with van der Waals surface area (Å²) in [6.45, 7) is 2.19. The molecule has 1 aromatic rings. The number of rotatable bonds is 6. The highest BCUT2D eigenvalue weighted by molar-refractivity contribution is 6.30. The molecule has 0 spiro atoms. The number of hydrogen-bond donors (Lipinski definition) is 2. The molecule has 1 aliphatic heterocycles. The van der Waals surface area contributed by atoms with Crippen LogP contribution in [-0.2, 0) is 16.0 Å². The number of halogens is 2. The van der Waals surface area contributed by atoms with Crippen LogP contribution in [0.1, 0.15) is 18.4 Å². The number of carbonyl (C=O) groups excluding carboxylic acids is 1. The Hall–Kier alpha value is -0.810. The summed E-state index contributed by atoms with van der Waals surface area (Å²) in [6.07, 6.45) is 2.50. The van der Waals surface area contributed by atoms with Gasteiger partial charge in [-0.05, 0) is 37.1 Å². The van der Waals surface area contributed by atoms with Gasteiger partial charge in [0.2, 0.25) is 5.91 Å². The van der Waals surface area contributed by atoms with E-state index in [0.717, 1.165) is 24.9 Å². The average molecular weight is 333 g/mol. The molecule has 1 aliphatic rings. The van der Waals surface area contributed by atoms with Gasteiger partial charge in [0.05, 0.1) is 18.6 Å². The summed E-state index contributed by atoms with van der Waals surface area (Å²) in [5.41, 5.74) is 0.814. The minimum Gasteiger partial charge on any atom is -0.383 e. The zero-order chi connectivity index (χ0) is 14.4. The van der Waals surface area contributed by atoms with E-state index in [9.17, 15) is 4.79 Å². The van der Waals surface area contributed by atoms with Crippen LogP contribution in [0.2, 0.25) is 5.02 Å². The maximum atomic E-state index is 12.0. The molecule has 118 valence electrons. The van der Waals surface area contributed by atoms with Gasteiger partial charge in [0.25, 0.3) is 0 Å². The molecule has 1 amide bonds. The Kier molecular flexibility index (Phi) is 7.46. The summed E-state index contributed by atoms with van der Waals surface area (Å²) in [5, 5.41) is 7.09. The Morgan fingerprint density at radius 2 is 2.33 bits per heavy atom. The van der Waals surface area contributed by atoms with Crippen LogP contribution in [-0.4, -0.2) is 38.3 Å². The van der Waals surface area contributed by atoms with E-state index in [-0.39, 0.29) is 23.9 Å². The van der Waals surface area contributed by atoms with Gasteiger partial charge in [-0.2, -0.15) is 0 Å². The highest BCUT2D eigenvalue weighted by atomic mass is 35.5. The monoisotopic (exact) mass is 332 g/mol. The van der Waals surface area contributed by atoms with Crippen molar-refractivity contribution < 1.29 is 9.53 Å². The van der Waals surface area contributed by atoms with Gasteiger partial charge in [-0.1, -0.05) is 23.7 Å². The number of carbonyl (C=O) groups is 1. The summed E-state index contributed by atoms with van der Waals surface area (Å²) >= 11 is 5.91. The van der Waals surface area contributed by atoms with Gasteiger partial charge in [0.15, 0.2) is 0 Å². The van der Waals surface area contributed by atoms with Crippen molar-refractivity contribution in [3.05, 3.63) is 34.9 Å². The van der Waals surface area contributed by atoms with Crippen LogP contribution in [0.3, 0.4) is 0 Å². The Bertz CT molecular complexity index is 463. The van der Waals surface area contributed by atoms with Crippen LogP contribution >= 0.6 is 24.0 Å². The second-order valence-electron chi connectivity index (χ2n) is 5.33. The van der Waals surface area contributed by atoms with Crippen molar-refractivity contribution in [3.8, 4) is 0 Å². The lowest BCUT2D eigenvalue weighted by molar-refractivity contribution is -0.120. The zero-order valence-corrected chi connectivity index (χ0v) is 13.7. The first-order valence-electron chi connectivity index (χ1n) is 6.89. The summed E-state index contributed by atoms with van der Waals surface area (Å²) < 4.78 is 5.26. The van der Waals surface area contributed by atoms with Crippen molar-refractivity contribution >= 4 is 29.9 Å². The van der Waals surface area contributed by atoms with E-state index in [1.807, 2.05) is 18.2 Å². The molecule has 4 nitrogen and oxygen atoms in total. The zero-order valence-electron chi connectivity index (χ0n) is 12.2. The normalized spacial score (nSPS) is 20.9. The van der Waals surface area contributed by atoms with E-state index < -0.39 is 0 Å². The smallest absolute Gasteiger partial charge is 0.224 e. The Balaban J connectivity index is 0.00000220. The van der Waals surface area contributed by atoms with Crippen molar-refractivity contribution in [2.75, 3.05) is 26.8 Å². The van der Waals surface area contributed by atoms with Gasteiger partial charge >= 0.3 is 0 Å². The number of ether oxygens (including phenoxy) is 1. The van der Waals surface area contributed by atoms with Gasteiger partial charge in [-0.25, -0.2) is 0 Å². The third kappa shape index (κ3) is 5.47. The van der Waals surface area contributed by atoms with Gasteiger partial charge in [-0.15, -0.1) is 12.4 Å². The van der Waals surface area contributed by atoms with E-state index in [0.29, 0.717) is 24.6 Å². The van der Waals surface area contributed by atoms with Gasteiger partial charge in [0, 0.05) is 18.7 Å². The van der Waals surface area contributed by atoms with Crippen molar-refractivity contribution in [2.24, 2.45) is 0 Å². The number of benzene rings is 1. The topological polar surface area (TPSA) is 50.4 Å². The third-order valence-corrected chi connectivity index (χ3v) is 3.87. The predicted octanol–water partition coefficient (Wildman–Crippen LogP) is 2.19. The molecule has 21 heavy (non-hydrogen) atoms. The molecule has 0 radical (unpaired) electrons. The molecule has 2 rings (SSSR count). The molecular formula is C15H22Cl2N2O2. The second kappa shape index (κ2) is 8.59. The van der Waals surface area contributed by atoms with Gasteiger partial charge in [-0.3, -0.25) is 4.79 Å². The van der Waals surface area contributed by atoms with Crippen LogP contribution in [0.5, 0.6) is 0 Å². The molecule has 1 saturated heterocycles. The summed E-state index contributed by atoms with van der Waals surface area (Å²) in [6, 6.07) is 7.39. The molecule has 0 aromatic heterocycles. The molecule has 1 aromatic carbocycles. The van der Waals surface area contributed by atoms with Crippen LogP contribution in [0, 0.1) is 0 Å². The van der Waals surface area contributed by atoms with Crippen LogP contribution < -0.4 is 10.6 Å². The fourth-order valence-electron chi connectivity index (χ4n) is 2.63. The maximum absolute atomic E-state index is 12.0. The molecule has 2 N–H and O–H groups in total. The standard InChI is InChI=1S/C15H21ClN2O2.ClH/c1-20-11-15(6-3-7-18-15)10-17-14(19)9-12-4-2-5-13(16)8-12;/h2,4-5,8,18H,3,6-7,9-11H2,1H3,(H,17,19);1H. The maximum Gasteiger partial charge on any atom is 0.224 e. The third-order valence-electron chi connectivity index (χ3n) is 3.63. The van der Waals surface area contributed by atoms with E-state index in [1.54, 1.807) is 13.2 Å². The van der Waals surface area contributed by atoms with E-state index in [4.69, 9.17) is 16.3 Å². The molecule has 0 aliphatic carbocycles. The molecule has 1 fully saturated rings. The Morgan fingerprint density at radius 1 is 1.52 bits per heavy atom. The van der Waals surface area contributed by atoms with Crippen LogP contribution in [0.25, 0.3) is 0 Å². The van der Waals surface area contributed by atoms with Crippen molar-refractivity contribution in [1.82, 2.24) is 10.6 Å². The quantitative estimate of drug-likeness (QED) is 0.839. The van der Waals surface area contributed by atoms with Crippen molar-refractivity contribution in [3.63, 3.8) is 0 Å². The lowest BCUT2D eigenvalue weighted by Crippen LogP contribution is -2.53. The first-order valence-corrected chi connectivity index (χ1v) is 7.26. The number of nitrogens with one attached hydrogen (secondary N) is 2. The van der Waals surface area contributed by atoms with Crippen molar-refractivity contribution in [2.45, 2.75) is 24.8 Å². The lowest BCUT2D eigenvalue weighted by atomic mass is 9.98. The molecular weight excluding hydrogens is 311 g/mol. The molecule has 6 heteroatoms. The van der Waals surface area contributed by atoms with Crippen LogP contribution in [0.15, 0.2) is 24.3 Å². The minimum atomic E-state index is -0.112.